The van der Waals surface area contributed by atoms with E-state index in [9.17, 15) is 4.79 Å². The summed E-state index contributed by atoms with van der Waals surface area (Å²) in [5.74, 6) is 0.198. The fourth-order valence-corrected chi connectivity index (χ4v) is 2.82. The van der Waals surface area contributed by atoms with Crippen LogP contribution >= 0.6 is 24.2 Å². The highest BCUT2D eigenvalue weighted by Crippen LogP contribution is 2.41. The van der Waals surface area contributed by atoms with Gasteiger partial charge in [0.05, 0.1) is 5.25 Å². The first-order valence-electron chi connectivity index (χ1n) is 4.52. The highest BCUT2D eigenvalue weighted by Gasteiger charge is 2.35. The summed E-state index contributed by atoms with van der Waals surface area (Å²) >= 11 is 1.67. The number of nitrogens with zero attached hydrogens (tertiary/aromatic N) is 2. The number of pyridine rings is 1. The number of rotatable bonds is 1. The molecular weight excluding hydrogens is 232 g/mol. The van der Waals surface area contributed by atoms with Gasteiger partial charge >= 0.3 is 0 Å². The van der Waals surface area contributed by atoms with Crippen molar-refractivity contribution >= 4 is 30.1 Å². The molecule has 1 amide bonds. The lowest BCUT2D eigenvalue weighted by Gasteiger charge is -2.18. The van der Waals surface area contributed by atoms with E-state index >= 15 is 0 Å². The Kier molecular flexibility index (Phi) is 3.99. The predicted octanol–water partition coefficient (Wildman–Crippen LogP) is 2.10. The molecular formula is C10H13ClN2OS. The number of aromatic nitrogens is 1. The molecule has 1 aliphatic heterocycles. The van der Waals surface area contributed by atoms with Gasteiger partial charge < -0.3 is 4.90 Å². The van der Waals surface area contributed by atoms with Gasteiger partial charge in [-0.1, -0.05) is 6.07 Å². The SMILES string of the molecule is C[C@@H]1S[C@H](c2cccnc2)N(C)C1=O.Cl. The average Bonchev–Trinajstić information content (AvgIpc) is 2.47. The minimum atomic E-state index is 0. The number of thioether (sulfide) groups is 1. The maximum absolute atomic E-state index is 11.6. The van der Waals surface area contributed by atoms with Crippen LogP contribution in [0.3, 0.4) is 0 Å². The molecule has 0 aliphatic carbocycles. The molecule has 2 atom stereocenters. The van der Waals surface area contributed by atoms with Gasteiger partial charge in [-0.2, -0.15) is 0 Å². The Morgan fingerprint density at radius 3 is 2.73 bits per heavy atom. The highest BCUT2D eigenvalue weighted by atomic mass is 35.5. The van der Waals surface area contributed by atoms with E-state index in [0.29, 0.717) is 0 Å². The van der Waals surface area contributed by atoms with Crippen LogP contribution in [0.1, 0.15) is 17.9 Å². The minimum Gasteiger partial charge on any atom is -0.329 e. The molecule has 0 unspecified atom stereocenters. The average molecular weight is 245 g/mol. The van der Waals surface area contributed by atoms with Gasteiger partial charge in [-0.15, -0.1) is 24.2 Å². The van der Waals surface area contributed by atoms with Crippen molar-refractivity contribution in [3.05, 3.63) is 30.1 Å². The van der Waals surface area contributed by atoms with Crippen molar-refractivity contribution in [2.75, 3.05) is 7.05 Å². The summed E-state index contributed by atoms with van der Waals surface area (Å²) in [5, 5.41) is 0.191. The first kappa shape index (κ1) is 12.3. The zero-order valence-electron chi connectivity index (χ0n) is 8.58. The molecule has 5 heteroatoms. The van der Waals surface area contributed by atoms with E-state index in [2.05, 4.69) is 4.98 Å². The topological polar surface area (TPSA) is 33.2 Å². The molecule has 1 fully saturated rings. The number of carbonyl (C=O) groups excluding carboxylic acids is 1. The van der Waals surface area contributed by atoms with Crippen molar-refractivity contribution in [3.63, 3.8) is 0 Å². The second-order valence-electron chi connectivity index (χ2n) is 3.37. The van der Waals surface area contributed by atoms with Crippen LogP contribution in [0.2, 0.25) is 0 Å². The van der Waals surface area contributed by atoms with Crippen LogP contribution < -0.4 is 0 Å². The third kappa shape index (κ3) is 2.26. The van der Waals surface area contributed by atoms with Gasteiger partial charge in [0.15, 0.2) is 0 Å². The molecule has 0 bridgehead atoms. The second kappa shape index (κ2) is 4.86. The molecule has 1 aliphatic rings. The van der Waals surface area contributed by atoms with Crippen LogP contribution in [0, 0.1) is 0 Å². The Labute approximate surface area is 99.7 Å². The first-order valence-corrected chi connectivity index (χ1v) is 5.46. The molecule has 2 heterocycles. The lowest BCUT2D eigenvalue weighted by Crippen LogP contribution is -2.25. The van der Waals surface area contributed by atoms with E-state index in [1.54, 1.807) is 22.9 Å². The van der Waals surface area contributed by atoms with Gasteiger partial charge in [0.25, 0.3) is 0 Å². The van der Waals surface area contributed by atoms with Crippen molar-refractivity contribution in [2.24, 2.45) is 0 Å². The predicted molar refractivity (Wildman–Crippen MR) is 64.0 cm³/mol. The monoisotopic (exact) mass is 244 g/mol. The van der Waals surface area contributed by atoms with Gasteiger partial charge in [0.1, 0.15) is 5.37 Å². The quantitative estimate of drug-likeness (QED) is 0.759. The Bertz CT molecular complexity index is 347. The number of hydrogen-bond acceptors (Lipinski definition) is 3. The summed E-state index contributed by atoms with van der Waals surface area (Å²) in [6, 6.07) is 3.91. The molecule has 0 radical (unpaired) electrons. The van der Waals surface area contributed by atoms with Crippen molar-refractivity contribution in [2.45, 2.75) is 17.5 Å². The molecule has 1 aromatic heterocycles. The van der Waals surface area contributed by atoms with Gasteiger partial charge in [-0.05, 0) is 13.0 Å². The third-order valence-corrected chi connectivity index (χ3v) is 3.81. The zero-order chi connectivity index (χ0) is 10.1. The van der Waals surface area contributed by atoms with Crippen LogP contribution in [0.4, 0.5) is 0 Å². The van der Waals surface area contributed by atoms with E-state index in [1.807, 2.05) is 32.3 Å². The summed E-state index contributed by atoms with van der Waals surface area (Å²) in [5.41, 5.74) is 1.10. The molecule has 2 rings (SSSR count). The van der Waals surface area contributed by atoms with E-state index in [-0.39, 0.29) is 28.9 Å². The Morgan fingerprint density at radius 2 is 2.27 bits per heavy atom. The number of halogens is 1. The lowest BCUT2D eigenvalue weighted by molar-refractivity contribution is -0.128. The molecule has 82 valence electrons. The Balaban J connectivity index is 0.00000112. The molecule has 0 saturated carbocycles. The maximum atomic E-state index is 11.6. The fraction of sp³-hybridized carbons (Fsp3) is 0.400. The van der Waals surface area contributed by atoms with Crippen LogP contribution in [0.5, 0.6) is 0 Å². The van der Waals surface area contributed by atoms with Crippen LogP contribution in [-0.2, 0) is 4.79 Å². The molecule has 15 heavy (non-hydrogen) atoms. The summed E-state index contributed by atoms with van der Waals surface area (Å²) in [6.07, 6.45) is 3.56. The van der Waals surface area contributed by atoms with Crippen molar-refractivity contribution < 1.29 is 4.79 Å². The summed E-state index contributed by atoms with van der Waals surface area (Å²) in [6.45, 7) is 1.94. The zero-order valence-corrected chi connectivity index (χ0v) is 10.2. The van der Waals surface area contributed by atoms with Gasteiger partial charge in [-0.25, -0.2) is 0 Å². The van der Waals surface area contributed by atoms with E-state index < -0.39 is 0 Å². The van der Waals surface area contributed by atoms with E-state index in [4.69, 9.17) is 0 Å². The Hall–Kier alpha value is -0.740. The number of hydrogen-bond donors (Lipinski definition) is 0. The smallest absolute Gasteiger partial charge is 0.236 e. The molecule has 0 spiro atoms. The summed E-state index contributed by atoms with van der Waals surface area (Å²) < 4.78 is 0. The van der Waals surface area contributed by atoms with Gasteiger partial charge in [0, 0.05) is 25.0 Å². The molecule has 0 aromatic carbocycles. The third-order valence-electron chi connectivity index (χ3n) is 2.35. The highest BCUT2D eigenvalue weighted by molar-refractivity contribution is 8.01. The molecule has 3 nitrogen and oxygen atoms in total. The normalized spacial score (nSPS) is 25.2. The Morgan fingerprint density at radius 1 is 1.53 bits per heavy atom. The van der Waals surface area contributed by atoms with Gasteiger partial charge in [-0.3, -0.25) is 9.78 Å². The maximum Gasteiger partial charge on any atom is 0.236 e. The molecule has 1 aromatic rings. The minimum absolute atomic E-state index is 0. The van der Waals surface area contributed by atoms with Crippen molar-refractivity contribution in [3.8, 4) is 0 Å². The van der Waals surface area contributed by atoms with E-state index in [1.165, 1.54) is 0 Å². The van der Waals surface area contributed by atoms with E-state index in [0.717, 1.165) is 5.56 Å². The van der Waals surface area contributed by atoms with Gasteiger partial charge in [0.2, 0.25) is 5.91 Å². The van der Waals surface area contributed by atoms with Crippen LogP contribution in [0.25, 0.3) is 0 Å². The largest absolute Gasteiger partial charge is 0.329 e. The van der Waals surface area contributed by atoms with Crippen LogP contribution in [-0.4, -0.2) is 28.1 Å². The lowest BCUT2D eigenvalue weighted by atomic mass is 10.2. The van der Waals surface area contributed by atoms with Crippen molar-refractivity contribution in [1.29, 1.82) is 0 Å². The summed E-state index contributed by atoms with van der Waals surface area (Å²) in [7, 11) is 1.84. The standard InChI is InChI=1S/C10H12N2OS.ClH/c1-7-9(13)12(2)10(14-7)8-4-3-5-11-6-8;/h3-7,10H,1-2H3;1H/t7-,10+;/m0./s1. The molecule has 0 N–H and O–H groups in total. The number of carbonyl (C=O) groups is 1. The number of amides is 1. The fourth-order valence-electron chi connectivity index (χ4n) is 1.57. The second-order valence-corrected chi connectivity index (χ2v) is 4.79. The molecule has 1 saturated heterocycles. The van der Waals surface area contributed by atoms with Crippen molar-refractivity contribution in [1.82, 2.24) is 9.88 Å². The van der Waals surface area contributed by atoms with Crippen LogP contribution in [0.15, 0.2) is 24.5 Å². The first-order chi connectivity index (χ1) is 6.70. The summed E-state index contributed by atoms with van der Waals surface area (Å²) in [4.78, 5) is 17.4.